The zero-order valence-electron chi connectivity index (χ0n) is 10.3. The Hall–Kier alpha value is -0.610. The minimum atomic E-state index is 0.188. The van der Waals surface area contributed by atoms with Gasteiger partial charge in [-0.2, -0.15) is 0 Å². The smallest absolute Gasteiger partial charge is 0.234 e. The van der Waals surface area contributed by atoms with Gasteiger partial charge < -0.3 is 10.6 Å². The van der Waals surface area contributed by atoms with Gasteiger partial charge in [0.2, 0.25) is 5.91 Å². The molecule has 0 saturated carbocycles. The quantitative estimate of drug-likeness (QED) is 0.718. The molecule has 4 heteroatoms. The van der Waals surface area contributed by atoms with E-state index in [4.69, 9.17) is 0 Å². The zero-order valence-corrected chi connectivity index (χ0v) is 10.3. The van der Waals surface area contributed by atoms with Gasteiger partial charge in [0.05, 0.1) is 6.54 Å². The lowest BCUT2D eigenvalue weighted by Gasteiger charge is -2.29. The van der Waals surface area contributed by atoms with Crippen molar-refractivity contribution in [2.75, 3.05) is 26.2 Å². The predicted molar refractivity (Wildman–Crippen MR) is 64.2 cm³/mol. The largest absolute Gasteiger partial charge is 0.355 e. The number of nitrogens with zero attached hydrogens (tertiary/aromatic N) is 1. The first-order valence-corrected chi connectivity index (χ1v) is 6.40. The summed E-state index contributed by atoms with van der Waals surface area (Å²) in [5.74, 6) is 0.838. The molecule has 2 atom stereocenters. The number of nitrogens with one attached hydrogen (secondary N) is 2. The number of carbonyl (C=O) groups excluding carboxylic acids is 1. The van der Waals surface area contributed by atoms with Crippen LogP contribution in [-0.2, 0) is 4.79 Å². The highest BCUT2D eigenvalue weighted by Crippen LogP contribution is 2.22. The highest BCUT2D eigenvalue weighted by atomic mass is 16.2. The maximum atomic E-state index is 11.8. The van der Waals surface area contributed by atoms with Crippen LogP contribution < -0.4 is 10.6 Å². The monoisotopic (exact) mass is 225 g/mol. The van der Waals surface area contributed by atoms with Crippen LogP contribution in [-0.4, -0.2) is 49.1 Å². The molecule has 0 spiro atoms. The van der Waals surface area contributed by atoms with E-state index in [2.05, 4.69) is 29.4 Å². The average Bonchev–Trinajstić information content (AvgIpc) is 2.47. The molecule has 0 aliphatic carbocycles. The molecule has 2 aliphatic heterocycles. The third-order valence-electron chi connectivity index (χ3n) is 3.91. The van der Waals surface area contributed by atoms with Crippen LogP contribution in [0.4, 0.5) is 0 Å². The maximum Gasteiger partial charge on any atom is 0.234 e. The van der Waals surface area contributed by atoms with Crippen molar-refractivity contribution < 1.29 is 4.79 Å². The molecule has 0 bridgehead atoms. The van der Waals surface area contributed by atoms with E-state index in [1.807, 2.05) is 0 Å². The van der Waals surface area contributed by atoms with E-state index in [1.165, 1.54) is 12.8 Å². The van der Waals surface area contributed by atoms with Gasteiger partial charge in [-0.1, -0.05) is 0 Å². The van der Waals surface area contributed by atoms with E-state index < -0.39 is 0 Å². The summed E-state index contributed by atoms with van der Waals surface area (Å²) in [6, 6.07) is 1.12. The molecule has 2 saturated heterocycles. The fourth-order valence-electron chi connectivity index (χ4n) is 2.53. The average molecular weight is 225 g/mol. The summed E-state index contributed by atoms with van der Waals surface area (Å²) in [6.07, 6.45) is 2.45. The van der Waals surface area contributed by atoms with Crippen molar-refractivity contribution in [1.29, 1.82) is 0 Å². The Balaban J connectivity index is 1.69. The van der Waals surface area contributed by atoms with Crippen molar-refractivity contribution >= 4 is 5.91 Å². The zero-order chi connectivity index (χ0) is 11.5. The molecule has 2 rings (SSSR count). The molecule has 0 aromatic heterocycles. The first-order chi connectivity index (χ1) is 7.66. The molecule has 2 fully saturated rings. The van der Waals surface area contributed by atoms with Gasteiger partial charge in [-0.05, 0) is 26.7 Å². The number of carbonyl (C=O) groups is 1. The molecule has 2 unspecified atom stereocenters. The van der Waals surface area contributed by atoms with Gasteiger partial charge in [0.25, 0.3) is 0 Å². The van der Waals surface area contributed by atoms with E-state index in [1.54, 1.807) is 0 Å². The second-order valence-corrected chi connectivity index (χ2v) is 5.28. The molecule has 0 aromatic carbocycles. The lowest BCUT2D eigenvalue weighted by Crippen LogP contribution is -2.50. The summed E-state index contributed by atoms with van der Waals surface area (Å²) < 4.78 is 0. The number of hydrogen-bond acceptors (Lipinski definition) is 3. The first-order valence-electron chi connectivity index (χ1n) is 6.40. The fourth-order valence-corrected chi connectivity index (χ4v) is 2.53. The fraction of sp³-hybridized carbons (Fsp3) is 0.917. The Labute approximate surface area is 97.8 Å². The molecular weight excluding hydrogens is 202 g/mol. The Morgan fingerprint density at radius 2 is 1.94 bits per heavy atom. The van der Waals surface area contributed by atoms with Gasteiger partial charge in [0.15, 0.2) is 0 Å². The Morgan fingerprint density at radius 1 is 1.31 bits per heavy atom. The van der Waals surface area contributed by atoms with Crippen LogP contribution in [0.3, 0.4) is 0 Å². The molecule has 92 valence electrons. The second-order valence-electron chi connectivity index (χ2n) is 5.28. The summed E-state index contributed by atoms with van der Waals surface area (Å²) in [7, 11) is 0. The Bertz CT molecular complexity index is 243. The number of hydrogen-bond donors (Lipinski definition) is 2. The van der Waals surface area contributed by atoms with Crippen LogP contribution in [0.1, 0.15) is 26.7 Å². The van der Waals surface area contributed by atoms with Gasteiger partial charge >= 0.3 is 0 Å². The van der Waals surface area contributed by atoms with Crippen LogP contribution in [0.2, 0.25) is 0 Å². The van der Waals surface area contributed by atoms with Crippen LogP contribution >= 0.6 is 0 Å². The number of rotatable bonds is 4. The normalized spacial score (nSPS) is 31.4. The third-order valence-corrected chi connectivity index (χ3v) is 3.91. The van der Waals surface area contributed by atoms with E-state index >= 15 is 0 Å². The van der Waals surface area contributed by atoms with Gasteiger partial charge in [0, 0.05) is 37.6 Å². The third kappa shape index (κ3) is 2.74. The lowest BCUT2D eigenvalue weighted by atomic mass is 10.0. The van der Waals surface area contributed by atoms with Crippen molar-refractivity contribution in [3.05, 3.63) is 0 Å². The van der Waals surface area contributed by atoms with Gasteiger partial charge in [-0.15, -0.1) is 0 Å². The Morgan fingerprint density at radius 3 is 2.44 bits per heavy atom. The van der Waals surface area contributed by atoms with Crippen LogP contribution in [0.25, 0.3) is 0 Å². The minimum absolute atomic E-state index is 0.188. The lowest BCUT2D eigenvalue weighted by molar-refractivity contribution is -0.123. The van der Waals surface area contributed by atoms with Gasteiger partial charge in [-0.25, -0.2) is 0 Å². The van der Waals surface area contributed by atoms with Gasteiger partial charge in [-0.3, -0.25) is 9.69 Å². The second kappa shape index (κ2) is 5.15. The molecule has 0 aromatic rings. The SMILES string of the molecule is CC1CCC(C)N1CC(=O)NCC1CNC1. The molecule has 1 amide bonds. The van der Waals surface area contributed by atoms with E-state index in [-0.39, 0.29) is 5.91 Å². The summed E-state index contributed by atoms with van der Waals surface area (Å²) >= 11 is 0. The van der Waals surface area contributed by atoms with Crippen LogP contribution in [0.15, 0.2) is 0 Å². The van der Waals surface area contributed by atoms with Crippen molar-refractivity contribution in [1.82, 2.24) is 15.5 Å². The summed E-state index contributed by atoms with van der Waals surface area (Å²) in [6.45, 7) is 7.94. The van der Waals surface area contributed by atoms with Crippen molar-refractivity contribution in [2.45, 2.75) is 38.8 Å². The first kappa shape index (κ1) is 11.9. The number of likely N-dealkylation sites (tertiary alicyclic amines) is 1. The summed E-state index contributed by atoms with van der Waals surface area (Å²) in [4.78, 5) is 14.1. The van der Waals surface area contributed by atoms with E-state index in [0.29, 0.717) is 24.5 Å². The highest BCUT2D eigenvalue weighted by molar-refractivity contribution is 5.78. The van der Waals surface area contributed by atoms with E-state index in [0.717, 1.165) is 19.6 Å². The molecule has 2 heterocycles. The van der Waals surface area contributed by atoms with E-state index in [9.17, 15) is 4.79 Å². The highest BCUT2D eigenvalue weighted by Gasteiger charge is 2.28. The molecular formula is C12H23N3O. The van der Waals surface area contributed by atoms with Crippen LogP contribution in [0, 0.1) is 5.92 Å². The predicted octanol–water partition coefficient (Wildman–Crippen LogP) is 0.195. The van der Waals surface area contributed by atoms with Crippen molar-refractivity contribution in [3.63, 3.8) is 0 Å². The molecule has 2 aliphatic rings. The Kier molecular flexibility index (Phi) is 3.82. The number of amides is 1. The van der Waals surface area contributed by atoms with Crippen molar-refractivity contribution in [3.8, 4) is 0 Å². The van der Waals surface area contributed by atoms with Gasteiger partial charge in [0.1, 0.15) is 0 Å². The van der Waals surface area contributed by atoms with Crippen LogP contribution in [0.5, 0.6) is 0 Å². The molecule has 0 radical (unpaired) electrons. The minimum Gasteiger partial charge on any atom is -0.355 e. The molecule has 2 N–H and O–H groups in total. The summed E-state index contributed by atoms with van der Waals surface area (Å²) in [5.41, 5.74) is 0. The maximum absolute atomic E-state index is 11.8. The topological polar surface area (TPSA) is 44.4 Å². The summed E-state index contributed by atoms with van der Waals surface area (Å²) in [5, 5.41) is 6.24. The molecule has 4 nitrogen and oxygen atoms in total. The van der Waals surface area contributed by atoms with Crippen molar-refractivity contribution in [2.24, 2.45) is 5.92 Å². The molecule has 16 heavy (non-hydrogen) atoms. The standard InChI is InChI=1S/C12H23N3O/c1-9-3-4-10(2)15(9)8-12(16)14-7-11-5-13-6-11/h9-11,13H,3-8H2,1-2H3,(H,14,16).